The molecule has 0 unspecified atom stereocenters. The Balaban J connectivity index is 1.78. The van der Waals surface area contributed by atoms with E-state index in [2.05, 4.69) is 0 Å². The fourth-order valence-corrected chi connectivity index (χ4v) is 2.18. The second kappa shape index (κ2) is 5.84. The molecule has 122 valence electrons. The molecule has 2 aromatic carbocycles. The number of alkyl halides is 3. The number of hydrogen-bond acceptors (Lipinski definition) is 3. The van der Waals surface area contributed by atoms with Crippen LogP contribution in [0.2, 0.25) is 0 Å². The molecular weight excluding hydrogens is 323 g/mol. The monoisotopic (exact) mass is 333 g/mol. The average molecular weight is 333 g/mol. The molecule has 4 nitrogen and oxygen atoms in total. The summed E-state index contributed by atoms with van der Waals surface area (Å²) in [5, 5.41) is 0. The molecule has 0 fully saturated rings. The lowest BCUT2D eigenvalue weighted by atomic mass is 10.2. The molecule has 7 heteroatoms. The van der Waals surface area contributed by atoms with E-state index in [-0.39, 0.29) is 11.5 Å². The van der Waals surface area contributed by atoms with Crippen molar-refractivity contribution in [2.75, 3.05) is 4.90 Å². The van der Waals surface area contributed by atoms with E-state index < -0.39 is 23.6 Å². The number of rotatable bonds is 3. The minimum absolute atomic E-state index is 0.0327. The van der Waals surface area contributed by atoms with Crippen LogP contribution in [-0.2, 0) is 15.8 Å². The van der Waals surface area contributed by atoms with Gasteiger partial charge in [0.1, 0.15) is 5.75 Å². The molecule has 0 saturated heterocycles. The number of ether oxygens (including phenoxy) is 1. The lowest BCUT2D eigenvalue weighted by Gasteiger charge is -2.14. The van der Waals surface area contributed by atoms with Crippen LogP contribution in [0.3, 0.4) is 0 Å². The number of anilines is 1. The van der Waals surface area contributed by atoms with E-state index >= 15 is 0 Å². The van der Waals surface area contributed by atoms with Gasteiger partial charge in [-0.3, -0.25) is 9.59 Å². The minimum atomic E-state index is -4.46. The molecule has 0 aromatic heterocycles. The average Bonchev–Trinajstić information content (AvgIpc) is 2.82. The fourth-order valence-electron chi connectivity index (χ4n) is 2.18. The van der Waals surface area contributed by atoms with Crippen molar-refractivity contribution in [2.24, 2.45) is 0 Å². The normalized spacial score (nSPS) is 14.8. The molecule has 2 amide bonds. The number of amides is 2. The highest BCUT2D eigenvalue weighted by molar-refractivity contribution is 6.29. The number of nitrogens with zero attached hydrogens (tertiary/aromatic N) is 1. The van der Waals surface area contributed by atoms with Crippen LogP contribution in [0, 0.1) is 0 Å². The van der Waals surface area contributed by atoms with E-state index in [1.807, 2.05) is 0 Å². The molecule has 1 heterocycles. The van der Waals surface area contributed by atoms with Gasteiger partial charge in [0.25, 0.3) is 5.91 Å². The van der Waals surface area contributed by atoms with Crippen LogP contribution in [0.4, 0.5) is 18.9 Å². The van der Waals surface area contributed by atoms with Gasteiger partial charge in [0.15, 0.2) is 5.76 Å². The van der Waals surface area contributed by atoms with E-state index in [9.17, 15) is 22.8 Å². The first-order chi connectivity index (χ1) is 11.4. The first kappa shape index (κ1) is 15.8. The zero-order valence-corrected chi connectivity index (χ0v) is 12.1. The largest absolute Gasteiger partial charge is 0.451 e. The van der Waals surface area contributed by atoms with Crippen LogP contribution in [0.5, 0.6) is 5.75 Å². The molecule has 0 spiro atoms. The molecule has 1 aliphatic heterocycles. The minimum Gasteiger partial charge on any atom is -0.451 e. The topological polar surface area (TPSA) is 46.6 Å². The third-order valence-electron chi connectivity index (χ3n) is 3.31. The van der Waals surface area contributed by atoms with Crippen molar-refractivity contribution >= 4 is 17.5 Å². The van der Waals surface area contributed by atoms with Crippen LogP contribution in [0.25, 0.3) is 0 Å². The Labute approximate surface area is 134 Å². The third kappa shape index (κ3) is 3.01. The lowest BCUT2D eigenvalue weighted by Crippen LogP contribution is -2.31. The number of carbonyl (C=O) groups is 2. The summed E-state index contributed by atoms with van der Waals surface area (Å²) in [6, 6.07) is 12.1. The van der Waals surface area contributed by atoms with Crippen molar-refractivity contribution in [3.63, 3.8) is 0 Å². The van der Waals surface area contributed by atoms with Gasteiger partial charge in [-0.15, -0.1) is 0 Å². The van der Waals surface area contributed by atoms with Crippen molar-refractivity contribution in [2.45, 2.75) is 6.18 Å². The summed E-state index contributed by atoms with van der Waals surface area (Å²) in [7, 11) is 0. The van der Waals surface area contributed by atoms with Gasteiger partial charge in [-0.25, -0.2) is 4.90 Å². The number of imide groups is 1. The summed E-state index contributed by atoms with van der Waals surface area (Å²) < 4.78 is 42.8. The molecule has 0 bridgehead atoms. The molecule has 0 radical (unpaired) electrons. The standard InChI is InChI=1S/C17H10F3NO3/c18-17(19,20)11-6-8-13(9-7-11)24-14-10-15(22)21(16(14)23)12-4-2-1-3-5-12/h1-10H. The van der Waals surface area contributed by atoms with Crippen molar-refractivity contribution < 1.29 is 27.5 Å². The van der Waals surface area contributed by atoms with Crippen LogP contribution in [-0.4, -0.2) is 11.8 Å². The van der Waals surface area contributed by atoms with Gasteiger partial charge in [0, 0.05) is 0 Å². The zero-order chi connectivity index (χ0) is 17.3. The predicted octanol–water partition coefficient (Wildman–Crippen LogP) is 3.54. The SMILES string of the molecule is O=C1C=C(Oc2ccc(C(F)(F)F)cc2)C(=O)N1c1ccccc1. The highest BCUT2D eigenvalue weighted by Crippen LogP contribution is 2.31. The molecule has 1 aliphatic rings. The number of hydrogen-bond donors (Lipinski definition) is 0. The molecule has 0 N–H and O–H groups in total. The van der Waals surface area contributed by atoms with Gasteiger partial charge in [-0.2, -0.15) is 13.2 Å². The molecule has 3 rings (SSSR count). The molecule has 24 heavy (non-hydrogen) atoms. The van der Waals surface area contributed by atoms with Gasteiger partial charge in [0.05, 0.1) is 17.3 Å². The van der Waals surface area contributed by atoms with Gasteiger partial charge in [-0.1, -0.05) is 18.2 Å². The summed E-state index contributed by atoms with van der Waals surface area (Å²) in [5.74, 6) is -1.46. The summed E-state index contributed by atoms with van der Waals surface area (Å²) in [4.78, 5) is 25.2. The van der Waals surface area contributed by atoms with Gasteiger partial charge in [-0.05, 0) is 36.4 Å². The van der Waals surface area contributed by atoms with Gasteiger partial charge < -0.3 is 4.74 Å². The maximum absolute atomic E-state index is 12.5. The van der Waals surface area contributed by atoms with Crippen LogP contribution < -0.4 is 9.64 Å². The summed E-state index contributed by atoms with van der Waals surface area (Å²) in [5.41, 5.74) is -0.446. The number of halogens is 3. The van der Waals surface area contributed by atoms with E-state index in [0.717, 1.165) is 35.2 Å². The zero-order valence-electron chi connectivity index (χ0n) is 12.1. The third-order valence-corrected chi connectivity index (χ3v) is 3.31. The number of benzene rings is 2. The van der Waals surface area contributed by atoms with E-state index in [1.54, 1.807) is 30.3 Å². The molecular formula is C17H10F3NO3. The lowest BCUT2D eigenvalue weighted by molar-refractivity contribution is -0.137. The maximum atomic E-state index is 12.5. The Kier molecular flexibility index (Phi) is 3.84. The van der Waals surface area contributed by atoms with E-state index in [0.29, 0.717) is 5.69 Å². The van der Waals surface area contributed by atoms with Crippen molar-refractivity contribution in [1.29, 1.82) is 0 Å². The summed E-state index contributed by atoms with van der Waals surface area (Å²) in [6.45, 7) is 0. The quantitative estimate of drug-likeness (QED) is 0.807. The highest BCUT2D eigenvalue weighted by atomic mass is 19.4. The fraction of sp³-hybridized carbons (Fsp3) is 0.0588. The molecule has 0 saturated carbocycles. The number of para-hydroxylation sites is 1. The van der Waals surface area contributed by atoms with Gasteiger partial charge >= 0.3 is 12.1 Å². The smallest absolute Gasteiger partial charge is 0.416 e. The van der Waals surface area contributed by atoms with Crippen LogP contribution >= 0.6 is 0 Å². The summed E-state index contributed by atoms with van der Waals surface area (Å²) in [6.07, 6.45) is -3.45. The second-order valence-corrected chi connectivity index (χ2v) is 4.95. The second-order valence-electron chi connectivity index (χ2n) is 4.95. The number of carbonyl (C=O) groups excluding carboxylic acids is 2. The Morgan fingerprint density at radius 1 is 0.875 bits per heavy atom. The van der Waals surface area contributed by atoms with E-state index in [1.165, 1.54) is 0 Å². The summed E-state index contributed by atoms with van der Waals surface area (Å²) >= 11 is 0. The molecule has 0 atom stereocenters. The molecule has 0 aliphatic carbocycles. The van der Waals surface area contributed by atoms with Crippen molar-refractivity contribution in [1.82, 2.24) is 0 Å². The van der Waals surface area contributed by atoms with E-state index in [4.69, 9.17) is 4.74 Å². The predicted molar refractivity (Wildman–Crippen MR) is 79.1 cm³/mol. The van der Waals surface area contributed by atoms with Gasteiger partial charge in [0.2, 0.25) is 0 Å². The van der Waals surface area contributed by atoms with Crippen molar-refractivity contribution in [3.8, 4) is 5.75 Å². The Morgan fingerprint density at radius 2 is 1.50 bits per heavy atom. The Morgan fingerprint density at radius 3 is 2.08 bits per heavy atom. The Hall–Kier alpha value is -3.09. The van der Waals surface area contributed by atoms with Crippen molar-refractivity contribution in [3.05, 3.63) is 72.0 Å². The Bertz CT molecular complexity index is 811. The molecule has 2 aromatic rings. The van der Waals surface area contributed by atoms with Crippen LogP contribution in [0.15, 0.2) is 66.4 Å². The van der Waals surface area contributed by atoms with Crippen LogP contribution in [0.1, 0.15) is 5.56 Å². The highest BCUT2D eigenvalue weighted by Gasteiger charge is 2.34. The maximum Gasteiger partial charge on any atom is 0.416 e. The first-order valence-corrected chi connectivity index (χ1v) is 6.86. The first-order valence-electron chi connectivity index (χ1n) is 6.86.